The van der Waals surface area contributed by atoms with E-state index in [1.165, 1.54) is 27.8 Å². The molecule has 0 saturated heterocycles. The molecule has 0 aliphatic heterocycles. The minimum atomic E-state index is 0.0572. The Morgan fingerprint density at radius 1 is 1.00 bits per heavy atom. The van der Waals surface area contributed by atoms with Crippen molar-refractivity contribution in [3.63, 3.8) is 0 Å². The third-order valence-electron chi connectivity index (χ3n) is 3.48. The zero-order valence-corrected chi connectivity index (χ0v) is 13.3. The second-order valence-electron chi connectivity index (χ2n) is 5.25. The van der Waals surface area contributed by atoms with Crippen LogP contribution in [0.4, 0.5) is 0 Å². The van der Waals surface area contributed by atoms with Gasteiger partial charge in [-0.2, -0.15) is 0 Å². The fraction of sp³-hybridized carbons (Fsp3) is 0.294. The summed E-state index contributed by atoms with van der Waals surface area (Å²) in [6, 6.07) is 12.9. The molecule has 2 aromatic rings. The molecule has 1 nitrogen and oxygen atoms in total. The van der Waals surface area contributed by atoms with E-state index in [1.807, 2.05) is 0 Å². The minimum Gasteiger partial charge on any atom is -0.324 e. The first-order chi connectivity index (χ1) is 8.97. The zero-order valence-electron chi connectivity index (χ0n) is 11.7. The summed E-state index contributed by atoms with van der Waals surface area (Å²) >= 11 is 3.46. The average Bonchev–Trinajstić information content (AvgIpc) is 2.30. The van der Waals surface area contributed by atoms with E-state index in [9.17, 15) is 0 Å². The van der Waals surface area contributed by atoms with E-state index >= 15 is 0 Å². The summed E-state index contributed by atoms with van der Waals surface area (Å²) in [4.78, 5) is 0. The van der Waals surface area contributed by atoms with Gasteiger partial charge in [-0.3, -0.25) is 0 Å². The number of benzene rings is 2. The fourth-order valence-corrected chi connectivity index (χ4v) is 3.02. The van der Waals surface area contributed by atoms with E-state index < -0.39 is 0 Å². The lowest BCUT2D eigenvalue weighted by Crippen LogP contribution is -2.16. The lowest BCUT2D eigenvalue weighted by atomic mass is 9.91. The van der Waals surface area contributed by atoms with Crippen molar-refractivity contribution in [3.8, 4) is 0 Å². The molecule has 0 saturated carbocycles. The molecular formula is C17H20BrN. The summed E-state index contributed by atoms with van der Waals surface area (Å²) in [5.41, 5.74) is 12.9. The standard InChI is InChI=1S/C17H20BrN/c1-11-8-12(2)17(13(3)9-11)16(19)10-14-4-6-15(18)7-5-14/h4-9,16H,10,19H2,1-3H3. The van der Waals surface area contributed by atoms with E-state index in [1.54, 1.807) is 0 Å². The van der Waals surface area contributed by atoms with Crippen LogP contribution < -0.4 is 5.73 Å². The Labute approximate surface area is 124 Å². The van der Waals surface area contributed by atoms with Crippen molar-refractivity contribution < 1.29 is 0 Å². The first kappa shape index (κ1) is 14.3. The summed E-state index contributed by atoms with van der Waals surface area (Å²) in [5, 5.41) is 0. The molecule has 0 aliphatic carbocycles. The first-order valence-corrected chi connectivity index (χ1v) is 7.34. The Kier molecular flexibility index (Phi) is 4.43. The van der Waals surface area contributed by atoms with E-state index in [0.29, 0.717) is 0 Å². The topological polar surface area (TPSA) is 26.0 Å². The quantitative estimate of drug-likeness (QED) is 0.878. The molecule has 1 atom stereocenters. The van der Waals surface area contributed by atoms with Gasteiger partial charge in [0.2, 0.25) is 0 Å². The van der Waals surface area contributed by atoms with Gasteiger partial charge < -0.3 is 5.73 Å². The van der Waals surface area contributed by atoms with Gasteiger partial charge in [0.25, 0.3) is 0 Å². The summed E-state index contributed by atoms with van der Waals surface area (Å²) < 4.78 is 1.10. The van der Waals surface area contributed by atoms with Crippen molar-refractivity contribution in [2.24, 2.45) is 5.73 Å². The monoisotopic (exact) mass is 317 g/mol. The number of nitrogens with two attached hydrogens (primary N) is 1. The lowest BCUT2D eigenvalue weighted by Gasteiger charge is -2.18. The molecule has 0 aliphatic rings. The van der Waals surface area contributed by atoms with Crippen LogP contribution in [0.5, 0.6) is 0 Å². The van der Waals surface area contributed by atoms with Crippen molar-refractivity contribution in [1.29, 1.82) is 0 Å². The van der Waals surface area contributed by atoms with E-state index in [2.05, 4.69) is 73.1 Å². The molecule has 2 heteroatoms. The maximum Gasteiger partial charge on any atom is 0.0341 e. The summed E-state index contributed by atoms with van der Waals surface area (Å²) in [5.74, 6) is 0. The Hall–Kier alpha value is -1.12. The minimum absolute atomic E-state index is 0.0572. The fourth-order valence-electron chi connectivity index (χ4n) is 2.75. The predicted molar refractivity (Wildman–Crippen MR) is 85.4 cm³/mol. The van der Waals surface area contributed by atoms with Crippen LogP contribution in [0.15, 0.2) is 40.9 Å². The SMILES string of the molecule is Cc1cc(C)c(C(N)Cc2ccc(Br)cc2)c(C)c1. The van der Waals surface area contributed by atoms with Crippen LogP contribution in [0, 0.1) is 20.8 Å². The van der Waals surface area contributed by atoms with Crippen molar-refractivity contribution in [3.05, 3.63) is 68.7 Å². The Bertz CT molecular complexity index is 549. The predicted octanol–water partition coefficient (Wildman–Crippen LogP) is 4.62. The highest BCUT2D eigenvalue weighted by Gasteiger charge is 2.13. The summed E-state index contributed by atoms with van der Waals surface area (Å²) in [7, 11) is 0. The largest absolute Gasteiger partial charge is 0.324 e. The Morgan fingerprint density at radius 3 is 2.05 bits per heavy atom. The van der Waals surface area contributed by atoms with Crippen LogP contribution in [0.3, 0.4) is 0 Å². The van der Waals surface area contributed by atoms with E-state index in [0.717, 1.165) is 10.9 Å². The van der Waals surface area contributed by atoms with Crippen LogP contribution in [-0.4, -0.2) is 0 Å². The smallest absolute Gasteiger partial charge is 0.0341 e. The molecule has 2 aromatic carbocycles. The number of aryl methyl sites for hydroxylation is 3. The van der Waals surface area contributed by atoms with Gasteiger partial charge in [0.1, 0.15) is 0 Å². The molecular weight excluding hydrogens is 298 g/mol. The van der Waals surface area contributed by atoms with Gasteiger partial charge in [-0.05, 0) is 61.6 Å². The maximum absolute atomic E-state index is 6.41. The van der Waals surface area contributed by atoms with Crippen molar-refractivity contribution in [2.45, 2.75) is 33.2 Å². The molecule has 2 N–H and O–H groups in total. The van der Waals surface area contributed by atoms with Crippen LogP contribution >= 0.6 is 15.9 Å². The van der Waals surface area contributed by atoms with Crippen LogP contribution in [0.25, 0.3) is 0 Å². The molecule has 0 aromatic heterocycles. The van der Waals surface area contributed by atoms with Crippen molar-refractivity contribution in [2.75, 3.05) is 0 Å². The molecule has 19 heavy (non-hydrogen) atoms. The third kappa shape index (κ3) is 3.46. The molecule has 0 spiro atoms. The van der Waals surface area contributed by atoms with Crippen LogP contribution in [-0.2, 0) is 6.42 Å². The van der Waals surface area contributed by atoms with Crippen molar-refractivity contribution in [1.82, 2.24) is 0 Å². The Morgan fingerprint density at radius 2 is 1.53 bits per heavy atom. The van der Waals surface area contributed by atoms with Gasteiger partial charge in [-0.25, -0.2) is 0 Å². The van der Waals surface area contributed by atoms with Gasteiger partial charge in [0.15, 0.2) is 0 Å². The second-order valence-corrected chi connectivity index (χ2v) is 6.17. The Balaban J connectivity index is 2.25. The molecule has 0 heterocycles. The molecule has 2 rings (SSSR count). The van der Waals surface area contributed by atoms with Gasteiger partial charge in [-0.1, -0.05) is 45.8 Å². The molecule has 1 unspecified atom stereocenters. The number of hydrogen-bond acceptors (Lipinski definition) is 1. The van der Waals surface area contributed by atoms with E-state index in [-0.39, 0.29) is 6.04 Å². The summed E-state index contributed by atoms with van der Waals surface area (Å²) in [6.07, 6.45) is 0.873. The second kappa shape index (κ2) is 5.89. The highest BCUT2D eigenvalue weighted by Crippen LogP contribution is 2.25. The highest BCUT2D eigenvalue weighted by molar-refractivity contribution is 9.10. The maximum atomic E-state index is 6.41. The number of hydrogen-bond donors (Lipinski definition) is 1. The van der Waals surface area contributed by atoms with Gasteiger partial charge >= 0.3 is 0 Å². The van der Waals surface area contributed by atoms with E-state index in [4.69, 9.17) is 5.73 Å². The van der Waals surface area contributed by atoms with Crippen LogP contribution in [0.2, 0.25) is 0 Å². The average molecular weight is 318 g/mol. The zero-order chi connectivity index (χ0) is 14.0. The van der Waals surface area contributed by atoms with Crippen LogP contribution in [0.1, 0.15) is 33.9 Å². The molecule has 0 amide bonds. The van der Waals surface area contributed by atoms with Gasteiger partial charge in [0, 0.05) is 10.5 Å². The number of halogens is 1. The first-order valence-electron chi connectivity index (χ1n) is 6.55. The van der Waals surface area contributed by atoms with Gasteiger partial charge in [0.05, 0.1) is 0 Å². The van der Waals surface area contributed by atoms with Gasteiger partial charge in [-0.15, -0.1) is 0 Å². The van der Waals surface area contributed by atoms with Crippen molar-refractivity contribution >= 4 is 15.9 Å². The molecule has 0 bridgehead atoms. The lowest BCUT2D eigenvalue weighted by molar-refractivity contribution is 0.710. The molecule has 100 valence electrons. The normalized spacial score (nSPS) is 12.5. The summed E-state index contributed by atoms with van der Waals surface area (Å²) in [6.45, 7) is 6.43. The molecule has 0 fully saturated rings. The third-order valence-corrected chi connectivity index (χ3v) is 4.01. The number of rotatable bonds is 3. The highest BCUT2D eigenvalue weighted by atomic mass is 79.9. The molecule has 0 radical (unpaired) electrons.